The van der Waals surface area contributed by atoms with Gasteiger partial charge in [-0.15, -0.1) is 0 Å². The van der Waals surface area contributed by atoms with E-state index >= 15 is 0 Å². The second-order valence-electron chi connectivity index (χ2n) is 4.85. The average Bonchev–Trinajstić information content (AvgIpc) is 2.25. The summed E-state index contributed by atoms with van der Waals surface area (Å²) in [5, 5.41) is 12.0. The number of hydrogen-bond donors (Lipinski definition) is 2. The van der Waals surface area contributed by atoms with Crippen molar-refractivity contribution >= 4 is 11.7 Å². The Morgan fingerprint density at radius 3 is 2.72 bits per heavy atom. The largest absolute Gasteiger partial charge is 0.484 e. The van der Waals surface area contributed by atoms with Gasteiger partial charge in [-0.3, -0.25) is 4.79 Å². The van der Waals surface area contributed by atoms with Crippen molar-refractivity contribution in [2.75, 3.05) is 32.1 Å². The van der Waals surface area contributed by atoms with E-state index in [9.17, 15) is 4.79 Å². The van der Waals surface area contributed by atoms with Gasteiger partial charge in [-0.1, -0.05) is 6.07 Å². The van der Waals surface area contributed by atoms with Crippen LogP contribution in [0.4, 0.5) is 5.69 Å². The molecule has 98 valence electrons. The molecule has 18 heavy (non-hydrogen) atoms. The van der Waals surface area contributed by atoms with Crippen LogP contribution >= 0.6 is 0 Å². The number of nitrogens with zero attached hydrogens (tertiary/aromatic N) is 1. The third-order valence-corrected chi connectivity index (χ3v) is 3.04. The maximum absolute atomic E-state index is 10.9. The quantitative estimate of drug-likeness (QED) is 0.814. The van der Waals surface area contributed by atoms with Gasteiger partial charge in [0.15, 0.2) is 0 Å². The molecule has 5 heteroatoms. The lowest BCUT2D eigenvalue weighted by atomic mass is 9.92. The van der Waals surface area contributed by atoms with Crippen molar-refractivity contribution in [3.8, 4) is 5.75 Å². The Morgan fingerprint density at radius 2 is 2.22 bits per heavy atom. The summed E-state index contributed by atoms with van der Waals surface area (Å²) in [6, 6.07) is 7.66. The van der Waals surface area contributed by atoms with Crippen LogP contribution in [0.5, 0.6) is 5.75 Å². The molecule has 2 N–H and O–H groups in total. The van der Waals surface area contributed by atoms with Gasteiger partial charge in [0.2, 0.25) is 0 Å². The van der Waals surface area contributed by atoms with Crippen LogP contribution in [0.2, 0.25) is 0 Å². The first-order chi connectivity index (χ1) is 8.51. The van der Waals surface area contributed by atoms with E-state index in [0.29, 0.717) is 18.8 Å². The number of aliphatic carboxylic acids is 1. The Hall–Kier alpha value is -1.75. The molecule has 0 aromatic heterocycles. The minimum atomic E-state index is -0.833. The van der Waals surface area contributed by atoms with E-state index in [1.165, 1.54) is 0 Å². The molecule has 1 aliphatic rings. The zero-order valence-corrected chi connectivity index (χ0v) is 10.6. The summed E-state index contributed by atoms with van der Waals surface area (Å²) in [4.78, 5) is 12.8. The first kappa shape index (κ1) is 12.7. The van der Waals surface area contributed by atoms with Crippen molar-refractivity contribution in [2.24, 2.45) is 0 Å². The van der Waals surface area contributed by atoms with Gasteiger partial charge in [0.1, 0.15) is 11.4 Å². The third kappa shape index (κ3) is 2.73. The number of benzene rings is 1. The highest BCUT2D eigenvalue weighted by atomic mass is 16.5. The summed E-state index contributed by atoms with van der Waals surface area (Å²) in [7, 11) is 3.91. The smallest absolute Gasteiger partial charge is 0.307 e. The van der Waals surface area contributed by atoms with Gasteiger partial charge < -0.3 is 20.1 Å². The van der Waals surface area contributed by atoms with Crippen LogP contribution in [-0.2, 0) is 4.79 Å². The standard InChI is InChI=1S/C13H18N2O3/c1-15(2)10-4-3-5-11(6-10)18-13(7-12(16)17)8-14-9-13/h3-6,14H,7-9H2,1-2H3,(H,16,17). The predicted molar refractivity (Wildman–Crippen MR) is 69.3 cm³/mol. The van der Waals surface area contributed by atoms with E-state index in [4.69, 9.17) is 9.84 Å². The number of carbonyl (C=O) groups is 1. The lowest BCUT2D eigenvalue weighted by Gasteiger charge is -2.41. The minimum Gasteiger partial charge on any atom is -0.484 e. The monoisotopic (exact) mass is 250 g/mol. The molecule has 0 bridgehead atoms. The lowest BCUT2D eigenvalue weighted by molar-refractivity contribution is -0.143. The van der Waals surface area contributed by atoms with Crippen molar-refractivity contribution in [2.45, 2.75) is 12.0 Å². The third-order valence-electron chi connectivity index (χ3n) is 3.04. The molecule has 1 fully saturated rings. The molecule has 1 aliphatic heterocycles. The number of carboxylic acids is 1. The fraction of sp³-hybridized carbons (Fsp3) is 0.462. The van der Waals surface area contributed by atoms with E-state index in [-0.39, 0.29) is 6.42 Å². The second kappa shape index (κ2) is 4.86. The molecule has 2 rings (SSSR count). The zero-order valence-electron chi connectivity index (χ0n) is 10.6. The first-order valence-electron chi connectivity index (χ1n) is 5.90. The molecule has 0 spiro atoms. The van der Waals surface area contributed by atoms with Crippen molar-refractivity contribution < 1.29 is 14.6 Å². The van der Waals surface area contributed by atoms with Gasteiger partial charge >= 0.3 is 5.97 Å². The van der Waals surface area contributed by atoms with E-state index in [1.807, 2.05) is 43.3 Å². The fourth-order valence-corrected chi connectivity index (χ4v) is 1.99. The number of carboxylic acid groups (broad SMARTS) is 1. The summed E-state index contributed by atoms with van der Waals surface area (Å²) < 4.78 is 5.87. The summed E-state index contributed by atoms with van der Waals surface area (Å²) in [5.41, 5.74) is 0.432. The van der Waals surface area contributed by atoms with E-state index in [1.54, 1.807) is 0 Å². The van der Waals surface area contributed by atoms with Crippen LogP contribution in [0.3, 0.4) is 0 Å². The number of anilines is 1. The predicted octanol–water partition coefficient (Wildman–Crippen LogP) is 0.948. The Morgan fingerprint density at radius 1 is 1.50 bits per heavy atom. The second-order valence-corrected chi connectivity index (χ2v) is 4.85. The van der Waals surface area contributed by atoms with Crippen molar-refractivity contribution in [1.82, 2.24) is 5.32 Å². The molecule has 1 aromatic rings. The molecule has 1 heterocycles. The first-order valence-corrected chi connectivity index (χ1v) is 5.90. The molecule has 0 aliphatic carbocycles. The highest BCUT2D eigenvalue weighted by Crippen LogP contribution is 2.27. The van der Waals surface area contributed by atoms with Crippen LogP contribution < -0.4 is 15.0 Å². The SMILES string of the molecule is CN(C)c1cccc(OC2(CC(=O)O)CNC2)c1. The van der Waals surface area contributed by atoms with Gasteiger partial charge in [-0.05, 0) is 12.1 Å². The van der Waals surface area contributed by atoms with Crippen LogP contribution in [-0.4, -0.2) is 43.9 Å². The maximum atomic E-state index is 10.9. The summed E-state index contributed by atoms with van der Waals surface area (Å²) in [6.45, 7) is 1.15. The summed E-state index contributed by atoms with van der Waals surface area (Å²) in [6.07, 6.45) is 0.0200. The van der Waals surface area contributed by atoms with E-state index < -0.39 is 11.6 Å². The topological polar surface area (TPSA) is 61.8 Å². The molecule has 1 saturated heterocycles. The van der Waals surface area contributed by atoms with Crippen LogP contribution in [0.25, 0.3) is 0 Å². The van der Waals surface area contributed by atoms with Gasteiger partial charge in [-0.25, -0.2) is 0 Å². The Balaban J connectivity index is 2.12. The zero-order chi connectivity index (χ0) is 13.2. The van der Waals surface area contributed by atoms with Crippen molar-refractivity contribution in [1.29, 1.82) is 0 Å². The molecule has 0 unspecified atom stereocenters. The van der Waals surface area contributed by atoms with Crippen LogP contribution in [0.15, 0.2) is 24.3 Å². The van der Waals surface area contributed by atoms with Crippen LogP contribution in [0, 0.1) is 0 Å². The molecule has 0 radical (unpaired) electrons. The highest BCUT2D eigenvalue weighted by Gasteiger charge is 2.41. The van der Waals surface area contributed by atoms with Crippen LogP contribution in [0.1, 0.15) is 6.42 Å². The number of hydrogen-bond acceptors (Lipinski definition) is 4. The van der Waals surface area contributed by atoms with E-state index in [2.05, 4.69) is 5.32 Å². The molecular formula is C13H18N2O3. The van der Waals surface area contributed by atoms with Gasteiger partial charge in [0.05, 0.1) is 6.42 Å². The van der Waals surface area contributed by atoms with Gasteiger partial charge in [0.25, 0.3) is 0 Å². The fourth-order valence-electron chi connectivity index (χ4n) is 1.99. The normalized spacial score (nSPS) is 16.8. The van der Waals surface area contributed by atoms with E-state index in [0.717, 1.165) is 5.69 Å². The Bertz CT molecular complexity index is 442. The molecule has 5 nitrogen and oxygen atoms in total. The van der Waals surface area contributed by atoms with Gasteiger partial charge in [-0.2, -0.15) is 0 Å². The number of ether oxygens (including phenoxy) is 1. The van der Waals surface area contributed by atoms with Crippen molar-refractivity contribution in [3.05, 3.63) is 24.3 Å². The summed E-state index contributed by atoms with van der Waals surface area (Å²) >= 11 is 0. The summed E-state index contributed by atoms with van der Waals surface area (Å²) in [5.74, 6) is -0.121. The molecular weight excluding hydrogens is 232 g/mol. The maximum Gasteiger partial charge on any atom is 0.307 e. The van der Waals surface area contributed by atoms with Gasteiger partial charge in [0, 0.05) is 38.9 Å². The van der Waals surface area contributed by atoms with Crippen molar-refractivity contribution in [3.63, 3.8) is 0 Å². The Labute approximate surface area is 106 Å². The molecule has 0 atom stereocenters. The highest BCUT2D eigenvalue weighted by molar-refractivity contribution is 5.68. The minimum absolute atomic E-state index is 0.0200. The average molecular weight is 250 g/mol. The Kier molecular flexibility index (Phi) is 3.43. The molecule has 1 aromatic carbocycles. The lowest BCUT2D eigenvalue weighted by Crippen LogP contribution is -2.64. The molecule has 0 amide bonds. The number of nitrogens with one attached hydrogen (secondary N) is 1. The molecule has 0 saturated carbocycles. The number of rotatable bonds is 5.